The molecule has 2 N–H and O–H groups in total. The minimum Gasteiger partial charge on any atom is -0.468 e. The van der Waals surface area contributed by atoms with Crippen LogP contribution in [0.2, 0.25) is 0 Å². The Bertz CT molecular complexity index is 908. The zero-order valence-electron chi connectivity index (χ0n) is 17.9. The topological polar surface area (TPSA) is 116 Å². The zero-order valence-corrected chi connectivity index (χ0v) is 18.7. The quantitative estimate of drug-likeness (QED) is 0.510. The van der Waals surface area contributed by atoms with Crippen molar-refractivity contribution >= 4 is 27.1 Å². The SMILES string of the molecule is COC(=O)C1C=C(C)C(N2CCC(C(=O)OC(C)(C)C)CC2N)=C(CF)C1=S(=O)=O. The van der Waals surface area contributed by atoms with Crippen molar-refractivity contribution in [3.63, 3.8) is 0 Å². The third kappa shape index (κ3) is 5.10. The summed E-state index contributed by atoms with van der Waals surface area (Å²) in [6, 6.07) is 0. The molecule has 0 aromatic heterocycles. The van der Waals surface area contributed by atoms with Crippen LogP contribution >= 0.6 is 0 Å². The summed E-state index contributed by atoms with van der Waals surface area (Å²) in [4.78, 5) is 25.8. The Hall–Kier alpha value is -2.20. The molecule has 0 radical (unpaired) electrons. The molecule has 10 heteroatoms. The highest BCUT2D eigenvalue weighted by Gasteiger charge is 2.39. The third-order valence-corrected chi connectivity index (χ3v) is 5.96. The number of hydrogen-bond acceptors (Lipinski definition) is 8. The van der Waals surface area contributed by atoms with Gasteiger partial charge in [0.2, 0.25) is 10.3 Å². The summed E-state index contributed by atoms with van der Waals surface area (Å²) in [6.45, 7) is 6.25. The van der Waals surface area contributed by atoms with E-state index >= 15 is 0 Å². The van der Waals surface area contributed by atoms with Crippen molar-refractivity contribution in [2.45, 2.75) is 52.3 Å². The van der Waals surface area contributed by atoms with E-state index in [9.17, 15) is 22.4 Å². The van der Waals surface area contributed by atoms with Crippen molar-refractivity contribution in [1.29, 1.82) is 0 Å². The van der Waals surface area contributed by atoms with Gasteiger partial charge in [-0.25, -0.2) is 4.39 Å². The first-order chi connectivity index (χ1) is 13.9. The van der Waals surface area contributed by atoms with Gasteiger partial charge in [0.05, 0.1) is 24.1 Å². The molecule has 0 bridgehead atoms. The summed E-state index contributed by atoms with van der Waals surface area (Å²) >= 11 is 0. The van der Waals surface area contributed by atoms with Gasteiger partial charge in [0, 0.05) is 17.8 Å². The molecule has 0 spiro atoms. The van der Waals surface area contributed by atoms with Crippen LogP contribution in [0.3, 0.4) is 0 Å². The Morgan fingerprint density at radius 3 is 2.40 bits per heavy atom. The van der Waals surface area contributed by atoms with Crippen molar-refractivity contribution in [3.8, 4) is 0 Å². The van der Waals surface area contributed by atoms with Crippen LogP contribution in [-0.4, -0.2) is 62.2 Å². The number of halogens is 1. The first-order valence-electron chi connectivity index (χ1n) is 9.68. The molecule has 2 rings (SSSR count). The van der Waals surface area contributed by atoms with Crippen molar-refractivity contribution in [2.24, 2.45) is 17.6 Å². The largest absolute Gasteiger partial charge is 0.468 e. The van der Waals surface area contributed by atoms with Crippen LogP contribution < -0.4 is 5.73 Å². The molecule has 1 saturated heterocycles. The van der Waals surface area contributed by atoms with Crippen molar-refractivity contribution in [3.05, 3.63) is 22.9 Å². The van der Waals surface area contributed by atoms with Gasteiger partial charge in [-0.15, -0.1) is 0 Å². The summed E-state index contributed by atoms with van der Waals surface area (Å²) < 4.78 is 47.9. The number of nitrogens with zero attached hydrogens (tertiary/aromatic N) is 1. The lowest BCUT2D eigenvalue weighted by atomic mass is 9.86. The predicted molar refractivity (Wildman–Crippen MR) is 109 cm³/mol. The highest BCUT2D eigenvalue weighted by molar-refractivity contribution is 7.73. The fourth-order valence-electron chi connectivity index (χ4n) is 3.86. The number of methoxy groups -OCH3 is 1. The van der Waals surface area contributed by atoms with Crippen molar-refractivity contribution < 1.29 is 31.9 Å². The van der Waals surface area contributed by atoms with Gasteiger partial charge in [0.25, 0.3) is 0 Å². The van der Waals surface area contributed by atoms with Crippen LogP contribution in [0.5, 0.6) is 0 Å². The van der Waals surface area contributed by atoms with Crippen LogP contribution in [0, 0.1) is 11.8 Å². The summed E-state index contributed by atoms with van der Waals surface area (Å²) in [6.07, 6.45) is 1.50. The standard InChI is InChI=1S/C20H29FN2O6S/c1-11-8-13(19(25)28-5)17(30(26)27)14(10-21)16(11)23-7-6-12(9-15(23)22)18(24)29-20(2,3)4/h8,12-13,15H,6-7,9-10,22H2,1-5H3. The molecular formula is C20H29FN2O6S. The van der Waals surface area contributed by atoms with E-state index in [0.29, 0.717) is 24.2 Å². The molecule has 0 saturated carbocycles. The Labute approximate surface area is 177 Å². The first kappa shape index (κ1) is 24.1. The molecule has 2 aliphatic rings. The maximum atomic E-state index is 14.1. The van der Waals surface area contributed by atoms with E-state index < -0.39 is 46.5 Å². The van der Waals surface area contributed by atoms with Gasteiger partial charge in [-0.05, 0) is 46.1 Å². The van der Waals surface area contributed by atoms with Gasteiger partial charge in [0.1, 0.15) is 18.2 Å². The molecule has 0 aromatic carbocycles. The number of alkyl halides is 1. The molecule has 0 amide bonds. The summed E-state index contributed by atoms with van der Waals surface area (Å²) in [5.41, 5.74) is 6.45. The fourth-order valence-corrected chi connectivity index (χ4v) is 4.58. The number of likely N-dealkylation sites (tertiary alicyclic amines) is 1. The second-order valence-electron chi connectivity index (χ2n) is 8.43. The number of piperidine rings is 1. The number of carbonyl (C=O) groups excluding carboxylic acids is 2. The number of hydrogen-bond donors (Lipinski definition) is 1. The Balaban J connectivity index is 2.38. The number of ether oxygens (including phenoxy) is 2. The number of esters is 2. The predicted octanol–water partition coefficient (Wildman–Crippen LogP) is 1.35. The Kier molecular flexibility index (Phi) is 7.46. The number of allylic oxidation sites excluding steroid dienone is 2. The lowest BCUT2D eigenvalue weighted by molar-refractivity contribution is -0.162. The molecule has 1 aliphatic carbocycles. The Morgan fingerprint density at radius 2 is 1.93 bits per heavy atom. The van der Waals surface area contributed by atoms with Crippen LogP contribution in [-0.2, 0) is 29.4 Å². The molecule has 1 aliphatic heterocycles. The van der Waals surface area contributed by atoms with E-state index in [0.717, 1.165) is 7.11 Å². The normalized spacial score (nSPS) is 25.0. The van der Waals surface area contributed by atoms with E-state index in [1.54, 1.807) is 32.6 Å². The van der Waals surface area contributed by atoms with Gasteiger partial charge in [-0.1, -0.05) is 6.08 Å². The minimum absolute atomic E-state index is 0.107. The van der Waals surface area contributed by atoms with Crippen LogP contribution in [0.1, 0.15) is 40.5 Å². The number of nitrogens with two attached hydrogens (primary N) is 1. The van der Waals surface area contributed by atoms with Crippen molar-refractivity contribution in [1.82, 2.24) is 4.90 Å². The number of carbonyl (C=O) groups is 2. The maximum Gasteiger partial charge on any atom is 0.318 e. The molecule has 0 aromatic rings. The first-order valence-corrected chi connectivity index (χ1v) is 10.8. The number of rotatable bonds is 4. The highest BCUT2D eigenvalue weighted by Crippen LogP contribution is 2.35. The maximum absolute atomic E-state index is 14.1. The molecule has 3 atom stereocenters. The average molecular weight is 445 g/mol. The molecule has 30 heavy (non-hydrogen) atoms. The van der Waals surface area contributed by atoms with E-state index in [1.165, 1.54) is 6.08 Å². The van der Waals surface area contributed by atoms with Gasteiger partial charge in [0.15, 0.2) is 0 Å². The van der Waals surface area contributed by atoms with Crippen LogP contribution in [0.4, 0.5) is 4.39 Å². The third-order valence-electron chi connectivity index (χ3n) is 5.10. The van der Waals surface area contributed by atoms with Gasteiger partial charge < -0.3 is 20.1 Å². The second-order valence-corrected chi connectivity index (χ2v) is 9.34. The van der Waals surface area contributed by atoms with Gasteiger partial charge in [-0.2, -0.15) is 8.42 Å². The second kappa shape index (κ2) is 9.30. The van der Waals surface area contributed by atoms with Crippen LogP contribution in [0.25, 0.3) is 0 Å². The lowest BCUT2D eigenvalue weighted by Crippen LogP contribution is -2.51. The smallest absolute Gasteiger partial charge is 0.318 e. The fraction of sp³-hybridized carbons (Fsp3) is 0.650. The molecule has 1 fully saturated rings. The summed E-state index contributed by atoms with van der Waals surface area (Å²) in [5, 5.41) is 0. The molecule has 8 nitrogen and oxygen atoms in total. The molecular weight excluding hydrogens is 415 g/mol. The molecule has 3 unspecified atom stereocenters. The van der Waals surface area contributed by atoms with Crippen LogP contribution in [0.15, 0.2) is 22.9 Å². The molecule has 168 valence electrons. The average Bonchev–Trinajstić information content (AvgIpc) is 2.65. The van der Waals surface area contributed by atoms with E-state index in [2.05, 4.69) is 4.74 Å². The van der Waals surface area contributed by atoms with Crippen molar-refractivity contribution in [2.75, 3.05) is 20.3 Å². The zero-order chi connectivity index (χ0) is 22.8. The van der Waals surface area contributed by atoms with E-state index in [4.69, 9.17) is 10.5 Å². The highest BCUT2D eigenvalue weighted by atomic mass is 32.2. The van der Waals surface area contributed by atoms with E-state index in [-0.39, 0.29) is 22.8 Å². The Morgan fingerprint density at radius 1 is 1.30 bits per heavy atom. The minimum atomic E-state index is -2.83. The van der Waals surface area contributed by atoms with E-state index in [1.807, 2.05) is 0 Å². The monoisotopic (exact) mass is 444 g/mol. The molecule has 1 heterocycles. The summed E-state index contributed by atoms with van der Waals surface area (Å²) in [5.74, 6) is -2.74. The van der Waals surface area contributed by atoms with Gasteiger partial charge in [-0.3, -0.25) is 9.59 Å². The van der Waals surface area contributed by atoms with Gasteiger partial charge >= 0.3 is 11.9 Å². The summed E-state index contributed by atoms with van der Waals surface area (Å²) in [7, 11) is -1.69. The lowest BCUT2D eigenvalue weighted by Gasteiger charge is -2.42.